The van der Waals surface area contributed by atoms with E-state index in [1.54, 1.807) is 26.8 Å². The molecule has 5 nitrogen and oxygen atoms in total. The third-order valence-electron chi connectivity index (χ3n) is 8.79. The number of carbonyl (C=O) groups excluding carboxylic acids is 2. The number of aliphatic hydroxyl groups is 3. The zero-order chi connectivity index (χ0) is 20.7. The molecule has 0 radical (unpaired) electrons. The summed E-state index contributed by atoms with van der Waals surface area (Å²) in [7, 11) is 0. The standard InChI is InChI=1S/C22H29FO5/c1-12-8-16-15-5-4-13-9-14(25)6-7-19(13,2)21(15,23)17(26)10-20(16,3)22(12,28)18(27)11-24/h6-7,9,12,15-17,24,26,28H,4-5,8,10-11H2,1-3H3/t12-,15+,16+,17+,19+,20?,21+,22?/m1/s1. The van der Waals surface area contributed by atoms with Gasteiger partial charge in [-0.1, -0.05) is 25.5 Å². The third kappa shape index (κ3) is 2.01. The predicted molar refractivity (Wildman–Crippen MR) is 99.9 cm³/mol. The van der Waals surface area contributed by atoms with Gasteiger partial charge in [-0.25, -0.2) is 4.39 Å². The lowest BCUT2D eigenvalue weighted by Crippen LogP contribution is -2.69. The average Bonchev–Trinajstić information content (AvgIpc) is 2.84. The summed E-state index contributed by atoms with van der Waals surface area (Å²) in [5, 5.41) is 32.0. The summed E-state index contributed by atoms with van der Waals surface area (Å²) >= 11 is 0. The number of alkyl halides is 1. The number of allylic oxidation sites excluding steroid dienone is 4. The maximum atomic E-state index is 16.9. The molecular formula is C22H29FO5. The Labute approximate surface area is 164 Å². The molecular weight excluding hydrogens is 363 g/mol. The molecule has 0 aromatic rings. The average molecular weight is 392 g/mol. The van der Waals surface area contributed by atoms with Crippen LogP contribution in [0.5, 0.6) is 0 Å². The zero-order valence-corrected chi connectivity index (χ0v) is 16.6. The minimum absolute atomic E-state index is 0.0676. The van der Waals surface area contributed by atoms with Gasteiger partial charge in [-0.3, -0.25) is 9.59 Å². The van der Waals surface area contributed by atoms with Crippen molar-refractivity contribution in [2.24, 2.45) is 28.6 Å². The second kappa shape index (κ2) is 5.83. The Morgan fingerprint density at radius 1 is 1.32 bits per heavy atom. The lowest BCUT2D eigenvalue weighted by atomic mass is 9.44. The minimum atomic E-state index is -1.98. The van der Waals surface area contributed by atoms with Crippen LogP contribution in [0, 0.1) is 28.6 Å². The fraction of sp³-hybridized carbons (Fsp3) is 0.727. The maximum Gasteiger partial charge on any atom is 0.190 e. The Balaban J connectivity index is 1.84. The van der Waals surface area contributed by atoms with E-state index in [1.165, 1.54) is 12.2 Å². The predicted octanol–water partition coefficient (Wildman–Crippen LogP) is 1.90. The van der Waals surface area contributed by atoms with E-state index in [0.29, 0.717) is 24.8 Å². The van der Waals surface area contributed by atoms with E-state index in [0.717, 1.165) is 0 Å². The van der Waals surface area contributed by atoms with Crippen LogP contribution in [0.3, 0.4) is 0 Å². The summed E-state index contributed by atoms with van der Waals surface area (Å²) in [6.07, 6.45) is 4.44. The fourth-order valence-electron chi connectivity index (χ4n) is 7.26. The molecule has 8 atom stereocenters. The first-order valence-electron chi connectivity index (χ1n) is 10.1. The monoisotopic (exact) mass is 392 g/mol. The Kier molecular flexibility index (Phi) is 4.15. The van der Waals surface area contributed by atoms with Gasteiger partial charge in [-0.05, 0) is 56.6 Å². The van der Waals surface area contributed by atoms with Crippen molar-refractivity contribution in [3.63, 3.8) is 0 Å². The highest BCUT2D eigenvalue weighted by Gasteiger charge is 2.75. The van der Waals surface area contributed by atoms with Crippen LogP contribution in [-0.4, -0.2) is 50.9 Å². The van der Waals surface area contributed by atoms with E-state index in [1.807, 2.05) is 0 Å². The quantitative estimate of drug-likeness (QED) is 0.667. The topological polar surface area (TPSA) is 94.8 Å². The van der Waals surface area contributed by atoms with Gasteiger partial charge >= 0.3 is 0 Å². The van der Waals surface area contributed by atoms with E-state index in [9.17, 15) is 24.9 Å². The summed E-state index contributed by atoms with van der Waals surface area (Å²) in [4.78, 5) is 24.4. The number of halogens is 1. The molecule has 4 aliphatic rings. The number of carbonyl (C=O) groups is 2. The van der Waals surface area contributed by atoms with Gasteiger partial charge in [0.1, 0.15) is 12.2 Å². The molecule has 6 heteroatoms. The lowest BCUT2D eigenvalue weighted by Gasteiger charge is -2.62. The Hall–Kier alpha value is -1.37. The van der Waals surface area contributed by atoms with Gasteiger partial charge < -0.3 is 15.3 Å². The molecule has 0 heterocycles. The number of hydrogen-bond donors (Lipinski definition) is 3. The SMILES string of the molecule is C[C@@H]1C[C@H]2[C@@H]3CCC4=CC(=O)C=C[C@]4(C)[C@@]3(F)[C@@H](O)CC2(C)C1(O)C(=O)CO. The van der Waals surface area contributed by atoms with Crippen LogP contribution in [0.2, 0.25) is 0 Å². The third-order valence-corrected chi connectivity index (χ3v) is 8.79. The van der Waals surface area contributed by atoms with Gasteiger partial charge in [0.05, 0.1) is 6.10 Å². The van der Waals surface area contributed by atoms with Crippen molar-refractivity contribution >= 4 is 11.6 Å². The van der Waals surface area contributed by atoms with E-state index in [2.05, 4.69) is 0 Å². The zero-order valence-electron chi connectivity index (χ0n) is 16.6. The number of aliphatic hydroxyl groups excluding tert-OH is 2. The maximum absolute atomic E-state index is 16.9. The van der Waals surface area contributed by atoms with Crippen LogP contribution < -0.4 is 0 Å². The molecule has 28 heavy (non-hydrogen) atoms. The highest BCUT2D eigenvalue weighted by molar-refractivity contribution is 6.01. The number of ketones is 2. The highest BCUT2D eigenvalue weighted by Crippen LogP contribution is 2.70. The first-order chi connectivity index (χ1) is 13.0. The molecule has 0 bridgehead atoms. The molecule has 0 saturated heterocycles. The Morgan fingerprint density at radius 2 is 2.00 bits per heavy atom. The van der Waals surface area contributed by atoms with Crippen LogP contribution in [0.15, 0.2) is 23.8 Å². The van der Waals surface area contributed by atoms with Crippen molar-refractivity contribution in [3.05, 3.63) is 23.8 Å². The van der Waals surface area contributed by atoms with Gasteiger partial charge in [0.15, 0.2) is 17.2 Å². The van der Waals surface area contributed by atoms with Crippen molar-refractivity contribution in [1.82, 2.24) is 0 Å². The van der Waals surface area contributed by atoms with Crippen LogP contribution in [0.4, 0.5) is 4.39 Å². The molecule has 0 aromatic heterocycles. The molecule has 0 aliphatic heterocycles. The smallest absolute Gasteiger partial charge is 0.190 e. The van der Waals surface area contributed by atoms with Crippen molar-refractivity contribution in [2.45, 2.75) is 63.8 Å². The van der Waals surface area contributed by atoms with E-state index in [4.69, 9.17) is 0 Å². The second-order valence-electron chi connectivity index (χ2n) is 9.75. The van der Waals surface area contributed by atoms with Crippen LogP contribution in [0.25, 0.3) is 0 Å². The molecule has 0 amide bonds. The second-order valence-corrected chi connectivity index (χ2v) is 9.75. The summed E-state index contributed by atoms with van der Waals surface area (Å²) in [5.74, 6) is -2.12. The summed E-state index contributed by atoms with van der Waals surface area (Å²) in [6.45, 7) is 4.48. The normalized spacial score (nSPS) is 52.5. The van der Waals surface area contributed by atoms with Gasteiger partial charge in [-0.15, -0.1) is 0 Å². The molecule has 3 fully saturated rings. The van der Waals surface area contributed by atoms with Gasteiger partial charge in [-0.2, -0.15) is 0 Å². The van der Waals surface area contributed by atoms with Crippen LogP contribution in [0.1, 0.15) is 46.5 Å². The van der Waals surface area contributed by atoms with Crippen molar-refractivity contribution in [3.8, 4) is 0 Å². The van der Waals surface area contributed by atoms with Crippen LogP contribution in [-0.2, 0) is 9.59 Å². The van der Waals surface area contributed by atoms with Crippen molar-refractivity contribution < 1.29 is 29.3 Å². The van der Waals surface area contributed by atoms with Gasteiger partial charge in [0.25, 0.3) is 0 Å². The summed E-state index contributed by atoms with van der Waals surface area (Å²) < 4.78 is 16.9. The first-order valence-corrected chi connectivity index (χ1v) is 10.1. The lowest BCUT2D eigenvalue weighted by molar-refractivity contribution is -0.219. The summed E-state index contributed by atoms with van der Waals surface area (Å²) in [6, 6.07) is 0. The Bertz CT molecular complexity index is 805. The molecule has 2 unspecified atom stereocenters. The molecule has 0 aromatic carbocycles. The van der Waals surface area contributed by atoms with Gasteiger partial charge in [0.2, 0.25) is 0 Å². The molecule has 4 aliphatic carbocycles. The number of rotatable bonds is 2. The molecule has 0 spiro atoms. The minimum Gasteiger partial charge on any atom is -0.390 e. The number of hydrogen-bond acceptors (Lipinski definition) is 5. The fourth-order valence-corrected chi connectivity index (χ4v) is 7.26. The largest absolute Gasteiger partial charge is 0.390 e. The molecule has 4 rings (SSSR count). The van der Waals surface area contributed by atoms with Crippen molar-refractivity contribution in [1.29, 1.82) is 0 Å². The molecule has 154 valence electrons. The van der Waals surface area contributed by atoms with E-state index in [-0.39, 0.29) is 18.1 Å². The number of fused-ring (bicyclic) bond motifs is 5. The highest BCUT2D eigenvalue weighted by atomic mass is 19.1. The molecule has 3 saturated carbocycles. The van der Waals surface area contributed by atoms with Crippen molar-refractivity contribution in [2.75, 3.05) is 6.61 Å². The van der Waals surface area contributed by atoms with E-state index >= 15 is 4.39 Å². The molecule has 3 N–H and O–H groups in total. The number of Topliss-reactive ketones (excluding diaryl/α,β-unsaturated/α-hetero) is 1. The van der Waals surface area contributed by atoms with E-state index < -0.39 is 52.4 Å². The Morgan fingerprint density at radius 3 is 2.64 bits per heavy atom. The van der Waals surface area contributed by atoms with Crippen LogP contribution >= 0.6 is 0 Å². The first kappa shape index (κ1) is 19.9. The van der Waals surface area contributed by atoms with Gasteiger partial charge in [0, 0.05) is 16.7 Å². The summed E-state index contributed by atoms with van der Waals surface area (Å²) in [5.41, 5.74) is -5.17.